The molecule has 1 aliphatic carbocycles. The van der Waals surface area contributed by atoms with Crippen LogP contribution in [0, 0.1) is 0 Å². The second-order valence-corrected chi connectivity index (χ2v) is 7.97. The second-order valence-electron chi connectivity index (χ2n) is 4.86. The summed E-state index contributed by atoms with van der Waals surface area (Å²) in [7, 11) is -3.47. The molecule has 0 saturated heterocycles. The molecule has 1 fully saturated rings. The maximum Gasteiger partial charge on any atom is 0.250 e. The average Bonchev–Trinajstić information content (AvgIpc) is 3.02. The number of thiophene rings is 1. The molecule has 0 bridgehead atoms. The molecule has 2 atom stereocenters. The first kappa shape index (κ1) is 13.8. The summed E-state index contributed by atoms with van der Waals surface area (Å²) in [6.07, 6.45) is 0.835. The maximum atomic E-state index is 12.2. The summed E-state index contributed by atoms with van der Waals surface area (Å²) in [5.74, 6) is 0.267. The van der Waals surface area contributed by atoms with Crippen LogP contribution in [-0.2, 0) is 16.6 Å². The highest BCUT2D eigenvalue weighted by Gasteiger charge is 2.41. The van der Waals surface area contributed by atoms with Crippen LogP contribution < -0.4 is 4.72 Å². The minimum Gasteiger partial charge on any atom is -0.391 e. The van der Waals surface area contributed by atoms with Crippen LogP contribution >= 0.6 is 11.3 Å². The maximum absolute atomic E-state index is 12.2. The molecule has 1 saturated carbocycles. The highest BCUT2D eigenvalue weighted by Crippen LogP contribution is 2.41. The molecule has 1 aliphatic rings. The summed E-state index contributed by atoms with van der Waals surface area (Å²) in [6, 6.07) is 13.1. The number of nitrogens with one attached hydrogen (secondary N) is 1. The fourth-order valence-electron chi connectivity index (χ4n) is 2.24. The summed E-state index contributed by atoms with van der Waals surface area (Å²) >= 11 is 1.11. The van der Waals surface area contributed by atoms with Crippen molar-refractivity contribution < 1.29 is 13.5 Å². The summed E-state index contributed by atoms with van der Waals surface area (Å²) < 4.78 is 27.4. The van der Waals surface area contributed by atoms with Gasteiger partial charge in [-0.15, -0.1) is 11.3 Å². The lowest BCUT2D eigenvalue weighted by Crippen LogP contribution is -2.26. The zero-order valence-corrected chi connectivity index (χ0v) is 12.3. The van der Waals surface area contributed by atoms with Crippen LogP contribution in [0.2, 0.25) is 0 Å². The molecule has 2 N–H and O–H groups in total. The third-order valence-electron chi connectivity index (χ3n) is 3.38. The monoisotopic (exact) mass is 309 g/mol. The summed E-state index contributed by atoms with van der Waals surface area (Å²) in [4.78, 5) is 0.654. The predicted molar refractivity (Wildman–Crippen MR) is 78.2 cm³/mol. The molecular formula is C14H15NO3S2. The number of sulfonamides is 1. The van der Waals surface area contributed by atoms with Gasteiger partial charge in [0, 0.05) is 16.8 Å². The van der Waals surface area contributed by atoms with Gasteiger partial charge in [-0.25, -0.2) is 13.1 Å². The number of aliphatic hydroxyl groups is 1. The van der Waals surface area contributed by atoms with Gasteiger partial charge >= 0.3 is 0 Å². The van der Waals surface area contributed by atoms with Gasteiger partial charge in [0.05, 0.1) is 6.61 Å². The third kappa shape index (κ3) is 2.78. The van der Waals surface area contributed by atoms with E-state index in [1.54, 1.807) is 12.1 Å². The fraction of sp³-hybridized carbons (Fsp3) is 0.286. The summed E-state index contributed by atoms with van der Waals surface area (Å²) in [5.41, 5.74) is 1.17. The molecule has 6 heteroatoms. The Morgan fingerprint density at radius 2 is 1.95 bits per heavy atom. The van der Waals surface area contributed by atoms with Crippen molar-refractivity contribution in [2.24, 2.45) is 0 Å². The molecule has 1 aromatic carbocycles. The highest BCUT2D eigenvalue weighted by molar-refractivity contribution is 7.91. The average molecular weight is 309 g/mol. The van der Waals surface area contributed by atoms with Crippen LogP contribution in [0.3, 0.4) is 0 Å². The second kappa shape index (κ2) is 5.29. The lowest BCUT2D eigenvalue weighted by Gasteiger charge is -2.04. The summed E-state index contributed by atoms with van der Waals surface area (Å²) in [5, 5.41) is 9.00. The molecule has 3 rings (SSSR count). The smallest absolute Gasteiger partial charge is 0.250 e. The standard InChI is InChI=1S/C14H15NO3S2/c16-9-11-6-7-14(19-11)20(17,18)15-13-8-12(13)10-4-2-1-3-5-10/h1-7,12-13,15-16H,8-9H2. The van der Waals surface area contributed by atoms with E-state index >= 15 is 0 Å². The lowest BCUT2D eigenvalue weighted by atomic mass is 10.1. The first-order valence-corrected chi connectivity index (χ1v) is 8.67. The van der Waals surface area contributed by atoms with Crippen LogP contribution in [0.15, 0.2) is 46.7 Å². The first-order valence-electron chi connectivity index (χ1n) is 6.37. The molecular weight excluding hydrogens is 294 g/mol. The van der Waals surface area contributed by atoms with Crippen LogP contribution in [0.1, 0.15) is 22.8 Å². The molecule has 0 spiro atoms. The van der Waals surface area contributed by atoms with Gasteiger partial charge < -0.3 is 5.11 Å². The van der Waals surface area contributed by atoms with Crippen molar-refractivity contribution >= 4 is 21.4 Å². The van der Waals surface area contributed by atoms with Crippen molar-refractivity contribution in [2.45, 2.75) is 29.2 Å². The van der Waals surface area contributed by atoms with E-state index in [0.717, 1.165) is 17.8 Å². The predicted octanol–water partition coefficient (Wildman–Crippen LogP) is 2.07. The van der Waals surface area contributed by atoms with Gasteiger partial charge in [-0.1, -0.05) is 30.3 Å². The van der Waals surface area contributed by atoms with Crippen molar-refractivity contribution in [3.8, 4) is 0 Å². The Hall–Kier alpha value is -1.21. The van der Waals surface area contributed by atoms with E-state index < -0.39 is 10.0 Å². The van der Waals surface area contributed by atoms with Gasteiger partial charge in [0.1, 0.15) is 4.21 Å². The van der Waals surface area contributed by atoms with Crippen LogP contribution in [0.25, 0.3) is 0 Å². The minimum atomic E-state index is -3.47. The van der Waals surface area contributed by atoms with E-state index in [1.807, 2.05) is 30.3 Å². The molecule has 4 nitrogen and oxygen atoms in total. The third-order valence-corrected chi connectivity index (χ3v) is 6.43. The molecule has 1 heterocycles. The Kier molecular flexibility index (Phi) is 3.64. The lowest BCUT2D eigenvalue weighted by molar-refractivity contribution is 0.285. The van der Waals surface area contributed by atoms with Crippen molar-refractivity contribution in [2.75, 3.05) is 0 Å². The molecule has 106 valence electrons. The number of rotatable bonds is 5. The van der Waals surface area contributed by atoms with E-state index in [0.29, 0.717) is 4.88 Å². The van der Waals surface area contributed by atoms with Gasteiger partial charge in [0.25, 0.3) is 0 Å². The van der Waals surface area contributed by atoms with Crippen LogP contribution in [-0.4, -0.2) is 19.6 Å². The van der Waals surface area contributed by atoms with Gasteiger partial charge in [-0.2, -0.15) is 0 Å². The van der Waals surface area contributed by atoms with Gasteiger partial charge in [-0.3, -0.25) is 0 Å². The molecule has 0 amide bonds. The van der Waals surface area contributed by atoms with Gasteiger partial charge in [-0.05, 0) is 24.1 Å². The molecule has 0 radical (unpaired) electrons. The number of hydrogen-bond donors (Lipinski definition) is 2. The van der Waals surface area contributed by atoms with Crippen LogP contribution in [0.4, 0.5) is 0 Å². The molecule has 2 unspecified atom stereocenters. The van der Waals surface area contributed by atoms with E-state index in [4.69, 9.17) is 5.11 Å². The Bertz CT molecular complexity index is 694. The van der Waals surface area contributed by atoms with E-state index in [1.165, 1.54) is 5.56 Å². The Labute approximate surface area is 122 Å². The Balaban J connectivity index is 1.70. The summed E-state index contributed by atoms with van der Waals surface area (Å²) in [6.45, 7) is -0.129. The Morgan fingerprint density at radius 1 is 1.20 bits per heavy atom. The van der Waals surface area contributed by atoms with Crippen molar-refractivity contribution in [1.29, 1.82) is 0 Å². The topological polar surface area (TPSA) is 66.4 Å². The molecule has 1 aromatic heterocycles. The SMILES string of the molecule is O=S(=O)(NC1CC1c1ccccc1)c1ccc(CO)s1. The number of benzene rings is 1. The van der Waals surface area contributed by atoms with Gasteiger partial charge in [0.15, 0.2) is 0 Å². The molecule has 20 heavy (non-hydrogen) atoms. The quantitative estimate of drug-likeness (QED) is 0.888. The largest absolute Gasteiger partial charge is 0.391 e. The number of hydrogen-bond acceptors (Lipinski definition) is 4. The number of aliphatic hydroxyl groups excluding tert-OH is 1. The fourth-order valence-corrected chi connectivity index (χ4v) is 4.76. The minimum absolute atomic E-state index is 0.0259. The van der Waals surface area contributed by atoms with Crippen molar-refractivity contribution in [3.63, 3.8) is 0 Å². The molecule has 2 aromatic rings. The highest BCUT2D eigenvalue weighted by atomic mass is 32.2. The first-order chi connectivity index (χ1) is 9.60. The van der Waals surface area contributed by atoms with Crippen molar-refractivity contribution in [1.82, 2.24) is 4.72 Å². The van der Waals surface area contributed by atoms with Gasteiger partial charge in [0.2, 0.25) is 10.0 Å². The van der Waals surface area contributed by atoms with E-state index in [-0.39, 0.29) is 22.8 Å². The Morgan fingerprint density at radius 3 is 2.60 bits per heavy atom. The van der Waals surface area contributed by atoms with Crippen LogP contribution in [0.5, 0.6) is 0 Å². The van der Waals surface area contributed by atoms with E-state index in [9.17, 15) is 8.42 Å². The van der Waals surface area contributed by atoms with Crippen molar-refractivity contribution in [3.05, 3.63) is 52.9 Å². The normalized spacial score (nSPS) is 21.9. The zero-order valence-electron chi connectivity index (χ0n) is 10.7. The zero-order chi connectivity index (χ0) is 14.2. The van der Waals surface area contributed by atoms with E-state index in [2.05, 4.69) is 4.72 Å². The molecule has 0 aliphatic heterocycles.